The second kappa shape index (κ2) is 6.83. The van der Waals surface area contributed by atoms with Gasteiger partial charge in [-0.25, -0.2) is 9.59 Å². The molecule has 0 saturated heterocycles. The van der Waals surface area contributed by atoms with E-state index in [0.717, 1.165) is 5.57 Å². The van der Waals surface area contributed by atoms with E-state index in [1.807, 2.05) is 6.92 Å². The Balaban J connectivity index is 4.70. The quantitative estimate of drug-likeness (QED) is 0.476. The van der Waals surface area contributed by atoms with Crippen LogP contribution in [0.3, 0.4) is 0 Å². The first kappa shape index (κ1) is 16.2. The third-order valence-corrected chi connectivity index (χ3v) is 1.70. The summed E-state index contributed by atoms with van der Waals surface area (Å²) in [6.07, 6.45) is 1.32. The van der Waals surface area contributed by atoms with E-state index in [4.69, 9.17) is 4.74 Å². The number of methoxy groups -OCH3 is 1. The molecule has 0 spiro atoms. The van der Waals surface area contributed by atoms with Crippen molar-refractivity contribution in [3.63, 3.8) is 0 Å². The molecule has 0 radical (unpaired) electrons. The van der Waals surface area contributed by atoms with Gasteiger partial charge >= 0.3 is 12.1 Å². The van der Waals surface area contributed by atoms with E-state index in [0.29, 0.717) is 6.42 Å². The Hall–Kier alpha value is -1.78. The Morgan fingerprint density at radius 1 is 1.33 bits per heavy atom. The van der Waals surface area contributed by atoms with Gasteiger partial charge in [-0.05, 0) is 40.2 Å². The highest BCUT2D eigenvalue weighted by atomic mass is 16.6. The Morgan fingerprint density at radius 3 is 2.28 bits per heavy atom. The van der Waals surface area contributed by atoms with Crippen molar-refractivity contribution in [3.05, 3.63) is 23.9 Å². The standard InChI is InChI=1S/C13H21NO4/c1-9(2)7-8-10(11(15)17-6)14-12(16)18-13(3,4)5/h8H,1,7H2,2-6H3,(H,14,16)/b10-8-. The van der Waals surface area contributed by atoms with E-state index in [-0.39, 0.29) is 5.70 Å². The molecular formula is C13H21NO4. The average Bonchev–Trinajstić information content (AvgIpc) is 2.20. The van der Waals surface area contributed by atoms with Crippen molar-refractivity contribution in [2.75, 3.05) is 7.11 Å². The lowest BCUT2D eigenvalue weighted by atomic mass is 10.2. The smallest absolute Gasteiger partial charge is 0.412 e. The molecule has 0 aromatic carbocycles. The van der Waals surface area contributed by atoms with Crippen LogP contribution in [0.15, 0.2) is 23.9 Å². The Bertz CT molecular complexity index is 364. The molecule has 0 rings (SSSR count). The van der Waals surface area contributed by atoms with Gasteiger partial charge in [0.15, 0.2) is 0 Å². The molecule has 0 heterocycles. The first-order valence-electron chi connectivity index (χ1n) is 5.58. The zero-order chi connectivity index (χ0) is 14.3. The summed E-state index contributed by atoms with van der Waals surface area (Å²) in [5, 5.41) is 2.36. The molecule has 5 heteroatoms. The normalized spacial score (nSPS) is 11.7. The summed E-state index contributed by atoms with van der Waals surface area (Å²) < 4.78 is 9.62. The van der Waals surface area contributed by atoms with Gasteiger partial charge in [0.2, 0.25) is 0 Å². The van der Waals surface area contributed by atoms with Crippen molar-refractivity contribution >= 4 is 12.1 Å². The monoisotopic (exact) mass is 255 g/mol. The molecule has 0 aromatic rings. The van der Waals surface area contributed by atoms with Crippen LogP contribution < -0.4 is 5.32 Å². The van der Waals surface area contributed by atoms with Crippen LogP contribution in [-0.4, -0.2) is 24.8 Å². The van der Waals surface area contributed by atoms with Crippen LogP contribution in [0.4, 0.5) is 4.79 Å². The number of amides is 1. The van der Waals surface area contributed by atoms with Crippen molar-refractivity contribution in [1.82, 2.24) is 5.32 Å². The van der Waals surface area contributed by atoms with Crippen molar-refractivity contribution in [2.24, 2.45) is 0 Å². The fourth-order valence-corrected chi connectivity index (χ4v) is 0.985. The van der Waals surface area contributed by atoms with Gasteiger partial charge in [-0.15, -0.1) is 0 Å². The van der Waals surface area contributed by atoms with Crippen LogP contribution >= 0.6 is 0 Å². The Kier molecular flexibility index (Phi) is 6.16. The maximum atomic E-state index is 11.5. The highest BCUT2D eigenvalue weighted by Crippen LogP contribution is 2.08. The largest absolute Gasteiger partial charge is 0.464 e. The molecule has 0 aliphatic heterocycles. The topological polar surface area (TPSA) is 64.6 Å². The summed E-state index contributed by atoms with van der Waals surface area (Å²) in [6, 6.07) is 0. The Morgan fingerprint density at radius 2 is 1.89 bits per heavy atom. The summed E-state index contributed by atoms with van der Waals surface area (Å²) in [4.78, 5) is 23.0. The summed E-state index contributed by atoms with van der Waals surface area (Å²) in [6.45, 7) is 10.7. The molecule has 0 atom stereocenters. The zero-order valence-corrected chi connectivity index (χ0v) is 11.6. The van der Waals surface area contributed by atoms with Crippen molar-refractivity contribution < 1.29 is 19.1 Å². The highest BCUT2D eigenvalue weighted by Gasteiger charge is 2.19. The molecule has 0 aromatic heterocycles. The van der Waals surface area contributed by atoms with E-state index in [9.17, 15) is 9.59 Å². The molecule has 0 aliphatic carbocycles. The minimum Gasteiger partial charge on any atom is -0.464 e. The minimum atomic E-state index is -0.694. The van der Waals surface area contributed by atoms with E-state index in [1.165, 1.54) is 13.2 Å². The predicted octanol–water partition coefficient (Wildman–Crippen LogP) is 2.53. The Labute approximate surface area is 108 Å². The van der Waals surface area contributed by atoms with Crippen LogP contribution in [0.25, 0.3) is 0 Å². The first-order chi connectivity index (χ1) is 8.15. The molecule has 0 fully saturated rings. The first-order valence-corrected chi connectivity index (χ1v) is 5.58. The predicted molar refractivity (Wildman–Crippen MR) is 68.9 cm³/mol. The molecule has 1 amide bonds. The average molecular weight is 255 g/mol. The van der Waals surface area contributed by atoms with Gasteiger partial charge < -0.3 is 9.47 Å². The van der Waals surface area contributed by atoms with Gasteiger partial charge in [-0.1, -0.05) is 12.2 Å². The number of hydrogen-bond donors (Lipinski definition) is 1. The van der Waals surface area contributed by atoms with E-state index < -0.39 is 17.7 Å². The second-order valence-electron chi connectivity index (χ2n) is 4.90. The number of alkyl carbamates (subject to hydrolysis) is 1. The number of carbonyl (C=O) groups excluding carboxylic acids is 2. The van der Waals surface area contributed by atoms with Gasteiger partial charge in [0, 0.05) is 0 Å². The molecule has 0 aliphatic rings. The zero-order valence-electron chi connectivity index (χ0n) is 11.6. The van der Waals surface area contributed by atoms with Crippen LogP contribution in [-0.2, 0) is 14.3 Å². The number of nitrogens with one attached hydrogen (secondary N) is 1. The molecule has 1 N–H and O–H groups in total. The molecule has 102 valence electrons. The number of allylic oxidation sites excluding steroid dienone is 2. The fourth-order valence-electron chi connectivity index (χ4n) is 0.985. The minimum absolute atomic E-state index is 0.0507. The van der Waals surface area contributed by atoms with Crippen LogP contribution in [0.2, 0.25) is 0 Å². The van der Waals surface area contributed by atoms with Crippen LogP contribution in [0, 0.1) is 0 Å². The number of ether oxygens (including phenoxy) is 2. The number of hydrogen-bond acceptors (Lipinski definition) is 4. The molecule has 0 bridgehead atoms. The lowest BCUT2D eigenvalue weighted by Crippen LogP contribution is -2.34. The summed E-state index contributed by atoms with van der Waals surface area (Å²) >= 11 is 0. The van der Waals surface area contributed by atoms with E-state index in [1.54, 1.807) is 20.8 Å². The van der Waals surface area contributed by atoms with Crippen LogP contribution in [0.1, 0.15) is 34.1 Å². The second-order valence-corrected chi connectivity index (χ2v) is 4.90. The molecule has 5 nitrogen and oxygen atoms in total. The van der Waals surface area contributed by atoms with Crippen LogP contribution in [0.5, 0.6) is 0 Å². The van der Waals surface area contributed by atoms with Crippen molar-refractivity contribution in [1.29, 1.82) is 0 Å². The van der Waals surface area contributed by atoms with Gasteiger partial charge in [0.1, 0.15) is 11.3 Å². The number of esters is 1. The van der Waals surface area contributed by atoms with E-state index in [2.05, 4.69) is 16.6 Å². The maximum Gasteiger partial charge on any atom is 0.412 e. The third-order valence-electron chi connectivity index (χ3n) is 1.70. The van der Waals surface area contributed by atoms with Gasteiger partial charge in [0.05, 0.1) is 7.11 Å². The molecular weight excluding hydrogens is 234 g/mol. The highest BCUT2D eigenvalue weighted by molar-refractivity contribution is 5.92. The molecule has 0 unspecified atom stereocenters. The maximum absolute atomic E-state index is 11.5. The van der Waals surface area contributed by atoms with Gasteiger partial charge in [0.25, 0.3) is 0 Å². The number of rotatable bonds is 4. The molecule has 0 saturated carbocycles. The fraction of sp³-hybridized carbons (Fsp3) is 0.538. The van der Waals surface area contributed by atoms with Crippen molar-refractivity contribution in [2.45, 2.75) is 39.7 Å². The van der Waals surface area contributed by atoms with Crippen molar-refractivity contribution in [3.8, 4) is 0 Å². The van der Waals surface area contributed by atoms with E-state index >= 15 is 0 Å². The number of carbonyl (C=O) groups is 2. The third kappa shape index (κ3) is 7.49. The van der Waals surface area contributed by atoms with Gasteiger partial charge in [-0.3, -0.25) is 5.32 Å². The summed E-state index contributed by atoms with van der Waals surface area (Å²) in [7, 11) is 1.24. The lowest BCUT2D eigenvalue weighted by Gasteiger charge is -2.20. The SMILES string of the molecule is C=C(C)C/C=C(\NC(=O)OC(C)(C)C)C(=O)OC. The summed E-state index contributed by atoms with van der Waals surface area (Å²) in [5.74, 6) is -0.623. The molecule has 18 heavy (non-hydrogen) atoms. The van der Waals surface area contributed by atoms with Gasteiger partial charge in [-0.2, -0.15) is 0 Å². The summed E-state index contributed by atoms with van der Waals surface area (Å²) in [5.41, 5.74) is 0.289. The lowest BCUT2D eigenvalue weighted by molar-refractivity contribution is -0.136.